The third-order valence-electron chi connectivity index (χ3n) is 4.59. The van der Waals surface area contributed by atoms with E-state index in [4.69, 9.17) is 9.47 Å². The van der Waals surface area contributed by atoms with Crippen molar-refractivity contribution in [1.82, 2.24) is 0 Å². The molecular weight excluding hydrogens is 268 g/mol. The van der Waals surface area contributed by atoms with Gasteiger partial charge in [-0.1, -0.05) is 6.58 Å². The van der Waals surface area contributed by atoms with Gasteiger partial charge in [-0.05, 0) is 65.2 Å². The van der Waals surface area contributed by atoms with E-state index in [9.17, 15) is 9.59 Å². The summed E-state index contributed by atoms with van der Waals surface area (Å²) >= 11 is 0. The summed E-state index contributed by atoms with van der Waals surface area (Å²) < 4.78 is 11.1. The van der Waals surface area contributed by atoms with E-state index in [0.29, 0.717) is 12.0 Å². The minimum Gasteiger partial charge on any atom is -0.459 e. The Bertz CT molecular complexity index is 421. The quantitative estimate of drug-likeness (QED) is 0.588. The van der Waals surface area contributed by atoms with Gasteiger partial charge in [-0.3, -0.25) is 4.79 Å². The van der Waals surface area contributed by atoms with Crippen molar-refractivity contribution in [3.63, 3.8) is 0 Å². The molecule has 0 spiro atoms. The lowest BCUT2D eigenvalue weighted by Crippen LogP contribution is -2.35. The van der Waals surface area contributed by atoms with Crippen molar-refractivity contribution < 1.29 is 19.1 Å². The van der Waals surface area contributed by atoms with Crippen LogP contribution in [0.1, 0.15) is 65.2 Å². The van der Waals surface area contributed by atoms with E-state index in [-0.39, 0.29) is 29.6 Å². The number of hydrogen-bond acceptors (Lipinski definition) is 4. The number of carbonyl (C=O) groups excluding carboxylic acids is 2. The van der Waals surface area contributed by atoms with E-state index in [1.54, 1.807) is 6.92 Å². The molecule has 4 heteroatoms. The van der Waals surface area contributed by atoms with Crippen LogP contribution in [0.5, 0.6) is 0 Å². The largest absolute Gasteiger partial charge is 0.459 e. The van der Waals surface area contributed by atoms with Crippen LogP contribution in [0.25, 0.3) is 0 Å². The van der Waals surface area contributed by atoms with E-state index in [2.05, 4.69) is 6.58 Å². The molecule has 2 aliphatic rings. The van der Waals surface area contributed by atoms with Gasteiger partial charge in [-0.25, -0.2) is 4.79 Å². The van der Waals surface area contributed by atoms with Crippen LogP contribution in [0.15, 0.2) is 12.2 Å². The molecule has 2 aliphatic carbocycles. The monoisotopic (exact) mass is 294 g/mol. The highest BCUT2D eigenvalue weighted by Gasteiger charge is 2.37. The normalized spacial score (nSPS) is 27.9. The number of carbonyl (C=O) groups is 2. The maximum atomic E-state index is 12.3. The van der Waals surface area contributed by atoms with Crippen LogP contribution < -0.4 is 0 Å². The molecule has 2 fully saturated rings. The summed E-state index contributed by atoms with van der Waals surface area (Å²) in [6, 6.07) is 0. The Kier molecular flexibility index (Phi) is 5.07. The zero-order chi connectivity index (χ0) is 15.5. The average Bonchev–Trinajstić information content (AvgIpc) is 2.85. The topological polar surface area (TPSA) is 52.6 Å². The molecule has 0 aromatic heterocycles. The van der Waals surface area contributed by atoms with Crippen LogP contribution in [0, 0.1) is 5.92 Å². The van der Waals surface area contributed by atoms with Gasteiger partial charge in [0.25, 0.3) is 0 Å². The minimum atomic E-state index is -0.364. The summed E-state index contributed by atoms with van der Waals surface area (Å²) in [4.78, 5) is 23.9. The summed E-state index contributed by atoms with van der Waals surface area (Å²) in [7, 11) is 0. The molecule has 0 aliphatic heterocycles. The Hall–Kier alpha value is -1.32. The minimum absolute atomic E-state index is 0.115. The first-order valence-electron chi connectivity index (χ1n) is 7.99. The number of rotatable bonds is 4. The Balaban J connectivity index is 1.86. The average molecular weight is 294 g/mol. The van der Waals surface area contributed by atoms with Gasteiger partial charge in [0.15, 0.2) is 0 Å². The number of ether oxygens (including phenoxy) is 2. The Morgan fingerprint density at radius 2 is 1.81 bits per heavy atom. The molecule has 2 atom stereocenters. The third-order valence-corrected chi connectivity index (χ3v) is 4.59. The summed E-state index contributed by atoms with van der Waals surface area (Å²) in [5.74, 6) is -0.619. The molecule has 2 rings (SSSR count). The lowest BCUT2D eigenvalue weighted by molar-refractivity contribution is -0.167. The second-order valence-corrected chi connectivity index (χ2v) is 6.75. The maximum Gasteiger partial charge on any atom is 0.333 e. The van der Waals surface area contributed by atoms with E-state index >= 15 is 0 Å². The van der Waals surface area contributed by atoms with Crippen LogP contribution in [-0.2, 0) is 19.1 Å². The third kappa shape index (κ3) is 4.32. The highest BCUT2D eigenvalue weighted by Crippen LogP contribution is 2.35. The molecular formula is C17H26O4. The van der Waals surface area contributed by atoms with Crippen molar-refractivity contribution >= 4 is 11.9 Å². The molecule has 0 saturated heterocycles. The van der Waals surface area contributed by atoms with Crippen molar-refractivity contribution in [3.8, 4) is 0 Å². The highest BCUT2D eigenvalue weighted by atomic mass is 16.6. The van der Waals surface area contributed by atoms with E-state index in [1.165, 1.54) is 0 Å². The van der Waals surface area contributed by atoms with Crippen molar-refractivity contribution in [3.05, 3.63) is 12.2 Å². The molecule has 0 radical (unpaired) electrons. The van der Waals surface area contributed by atoms with Gasteiger partial charge < -0.3 is 9.47 Å². The van der Waals surface area contributed by atoms with Crippen molar-refractivity contribution in [2.45, 2.75) is 76.9 Å². The molecule has 118 valence electrons. The summed E-state index contributed by atoms with van der Waals surface area (Å²) in [6.07, 6.45) is 7.12. The smallest absolute Gasteiger partial charge is 0.333 e. The van der Waals surface area contributed by atoms with E-state index in [1.807, 2.05) is 6.92 Å². The van der Waals surface area contributed by atoms with Crippen LogP contribution in [0.4, 0.5) is 0 Å². The highest BCUT2D eigenvalue weighted by molar-refractivity contribution is 5.87. The van der Waals surface area contributed by atoms with Crippen LogP contribution in [0.3, 0.4) is 0 Å². The lowest BCUT2D eigenvalue weighted by atomic mass is 9.87. The summed E-state index contributed by atoms with van der Waals surface area (Å²) in [6.45, 7) is 7.25. The van der Waals surface area contributed by atoms with Gasteiger partial charge in [0.2, 0.25) is 0 Å². The molecule has 0 amide bonds. The molecule has 2 unspecified atom stereocenters. The number of esters is 2. The Labute approximate surface area is 126 Å². The molecule has 0 heterocycles. The zero-order valence-electron chi connectivity index (χ0n) is 13.2. The molecule has 0 N–H and O–H groups in total. The Morgan fingerprint density at radius 3 is 2.43 bits per heavy atom. The maximum absolute atomic E-state index is 12.3. The molecule has 4 nitrogen and oxygen atoms in total. The lowest BCUT2D eigenvalue weighted by Gasteiger charge is -2.31. The fourth-order valence-corrected chi connectivity index (χ4v) is 3.27. The number of hydrogen-bond donors (Lipinski definition) is 0. The van der Waals surface area contributed by atoms with Crippen LogP contribution in [-0.4, -0.2) is 23.6 Å². The van der Waals surface area contributed by atoms with E-state index in [0.717, 1.165) is 44.9 Å². The van der Waals surface area contributed by atoms with Crippen molar-refractivity contribution in [2.24, 2.45) is 5.92 Å². The van der Waals surface area contributed by atoms with Crippen LogP contribution >= 0.6 is 0 Å². The van der Waals surface area contributed by atoms with E-state index < -0.39 is 0 Å². The first-order chi connectivity index (χ1) is 9.89. The fourth-order valence-electron chi connectivity index (χ4n) is 3.27. The standard InChI is InChI=1S/C17H26O4/c1-12(2)15(18)20-14-8-6-7-13(11-14)16(19)21-17(3)9-4-5-10-17/h13-14H,1,4-11H2,2-3H3. The predicted octanol–water partition coefficient (Wildman–Crippen LogP) is 3.54. The second-order valence-electron chi connectivity index (χ2n) is 6.75. The van der Waals surface area contributed by atoms with Gasteiger partial charge >= 0.3 is 11.9 Å². The summed E-state index contributed by atoms with van der Waals surface area (Å²) in [5.41, 5.74) is 0.122. The zero-order valence-corrected chi connectivity index (χ0v) is 13.2. The first kappa shape index (κ1) is 16.1. The molecule has 2 saturated carbocycles. The SMILES string of the molecule is C=C(C)C(=O)OC1CCCC(C(=O)OC2(C)CCCC2)C1. The summed E-state index contributed by atoms with van der Waals surface area (Å²) in [5, 5.41) is 0. The fraction of sp³-hybridized carbons (Fsp3) is 0.765. The van der Waals surface area contributed by atoms with Gasteiger partial charge in [0, 0.05) is 5.57 Å². The predicted molar refractivity (Wildman–Crippen MR) is 79.6 cm³/mol. The molecule has 0 aromatic rings. The molecule has 21 heavy (non-hydrogen) atoms. The molecule has 0 aromatic carbocycles. The molecule has 0 bridgehead atoms. The Morgan fingerprint density at radius 1 is 1.14 bits per heavy atom. The van der Waals surface area contributed by atoms with Gasteiger partial charge in [-0.2, -0.15) is 0 Å². The first-order valence-corrected chi connectivity index (χ1v) is 7.99. The van der Waals surface area contributed by atoms with Crippen LogP contribution in [0.2, 0.25) is 0 Å². The van der Waals surface area contributed by atoms with Gasteiger partial charge in [0.1, 0.15) is 11.7 Å². The van der Waals surface area contributed by atoms with Crippen molar-refractivity contribution in [1.29, 1.82) is 0 Å². The van der Waals surface area contributed by atoms with Gasteiger partial charge in [0.05, 0.1) is 5.92 Å². The van der Waals surface area contributed by atoms with Crippen molar-refractivity contribution in [2.75, 3.05) is 0 Å². The van der Waals surface area contributed by atoms with Gasteiger partial charge in [-0.15, -0.1) is 0 Å². The second kappa shape index (κ2) is 6.63.